The summed E-state index contributed by atoms with van der Waals surface area (Å²) < 4.78 is 0. The predicted molar refractivity (Wildman–Crippen MR) is 80.2 cm³/mol. The molecule has 2 heterocycles. The number of hydrogen-bond donors (Lipinski definition) is 1. The van der Waals surface area contributed by atoms with Gasteiger partial charge in [0.05, 0.1) is 17.9 Å². The van der Waals surface area contributed by atoms with Gasteiger partial charge in [-0.2, -0.15) is 0 Å². The van der Waals surface area contributed by atoms with E-state index in [2.05, 4.69) is 56.6 Å². The van der Waals surface area contributed by atoms with Gasteiger partial charge >= 0.3 is 0 Å². The normalized spacial score (nSPS) is 14.4. The summed E-state index contributed by atoms with van der Waals surface area (Å²) in [4.78, 5) is 4.67. The highest BCUT2D eigenvalue weighted by molar-refractivity contribution is 7.15. The summed E-state index contributed by atoms with van der Waals surface area (Å²) in [5.74, 6) is 0. The number of rotatable bonds is 3. The van der Waals surface area contributed by atoms with E-state index in [9.17, 15) is 0 Å². The number of para-hydroxylation sites is 2. The Kier molecular flexibility index (Phi) is 3.25. The summed E-state index contributed by atoms with van der Waals surface area (Å²) in [5, 5.41) is 13.3. The molecular weight excluding hydrogens is 258 g/mol. The van der Waals surface area contributed by atoms with E-state index in [-0.39, 0.29) is 0 Å². The van der Waals surface area contributed by atoms with Crippen LogP contribution in [0.25, 0.3) is 0 Å². The number of anilines is 3. The zero-order valence-electron chi connectivity index (χ0n) is 11.1. The molecule has 0 unspecified atom stereocenters. The van der Waals surface area contributed by atoms with Crippen LogP contribution in [-0.4, -0.2) is 37.4 Å². The van der Waals surface area contributed by atoms with Gasteiger partial charge < -0.3 is 15.1 Å². The van der Waals surface area contributed by atoms with Crippen molar-refractivity contribution in [3.63, 3.8) is 0 Å². The van der Waals surface area contributed by atoms with E-state index in [0.29, 0.717) is 0 Å². The average Bonchev–Trinajstić information content (AvgIpc) is 2.90. The molecule has 0 saturated carbocycles. The lowest BCUT2D eigenvalue weighted by atomic mass is 10.2. The lowest BCUT2D eigenvalue weighted by Crippen LogP contribution is -2.38. The number of hydrogen-bond acceptors (Lipinski definition) is 6. The van der Waals surface area contributed by atoms with E-state index in [0.717, 1.165) is 29.8 Å². The molecule has 5 nitrogen and oxygen atoms in total. The first kappa shape index (κ1) is 12.2. The second-order valence-electron chi connectivity index (χ2n) is 4.58. The van der Waals surface area contributed by atoms with Crippen molar-refractivity contribution >= 4 is 27.8 Å². The van der Waals surface area contributed by atoms with Crippen molar-refractivity contribution in [1.29, 1.82) is 0 Å². The number of fused-ring (bicyclic) bond motifs is 1. The molecule has 1 aliphatic rings. The van der Waals surface area contributed by atoms with Crippen LogP contribution < -0.4 is 15.1 Å². The van der Waals surface area contributed by atoms with E-state index in [1.807, 2.05) is 7.05 Å². The Balaban J connectivity index is 1.84. The van der Waals surface area contributed by atoms with Gasteiger partial charge in [-0.15, -0.1) is 10.2 Å². The zero-order valence-corrected chi connectivity index (χ0v) is 11.9. The van der Waals surface area contributed by atoms with Crippen molar-refractivity contribution in [1.82, 2.24) is 10.2 Å². The van der Waals surface area contributed by atoms with Crippen molar-refractivity contribution in [2.75, 3.05) is 42.3 Å². The minimum Gasteiger partial charge on any atom is -0.371 e. The fourth-order valence-electron chi connectivity index (χ4n) is 2.31. The van der Waals surface area contributed by atoms with Crippen molar-refractivity contribution in [3.8, 4) is 0 Å². The van der Waals surface area contributed by atoms with Crippen molar-refractivity contribution in [2.24, 2.45) is 0 Å². The molecule has 2 aromatic rings. The molecule has 6 heteroatoms. The minimum absolute atomic E-state index is 0.824. The smallest absolute Gasteiger partial charge is 0.205 e. The van der Waals surface area contributed by atoms with Crippen LogP contribution in [0.2, 0.25) is 0 Å². The number of aromatic nitrogens is 2. The molecule has 0 bridgehead atoms. The Morgan fingerprint density at radius 2 is 2.00 bits per heavy atom. The lowest BCUT2D eigenvalue weighted by Gasteiger charge is -2.36. The summed E-state index contributed by atoms with van der Waals surface area (Å²) in [6.45, 7) is 2.88. The molecule has 0 saturated heterocycles. The highest BCUT2D eigenvalue weighted by atomic mass is 32.1. The topological polar surface area (TPSA) is 44.3 Å². The molecule has 0 radical (unpaired) electrons. The van der Waals surface area contributed by atoms with E-state index < -0.39 is 0 Å². The van der Waals surface area contributed by atoms with Gasteiger partial charge in [0.15, 0.2) is 0 Å². The second kappa shape index (κ2) is 5.05. The maximum Gasteiger partial charge on any atom is 0.205 e. The molecular formula is C13H17N5S. The zero-order chi connectivity index (χ0) is 13.2. The summed E-state index contributed by atoms with van der Waals surface area (Å²) in [5.41, 5.74) is 2.56. The van der Waals surface area contributed by atoms with Gasteiger partial charge in [-0.3, -0.25) is 0 Å². The summed E-state index contributed by atoms with van der Waals surface area (Å²) >= 11 is 1.61. The van der Waals surface area contributed by atoms with E-state index in [1.165, 1.54) is 11.4 Å². The van der Waals surface area contributed by atoms with Crippen LogP contribution in [0.15, 0.2) is 24.3 Å². The van der Waals surface area contributed by atoms with Crippen LogP contribution in [0.4, 0.5) is 16.5 Å². The summed E-state index contributed by atoms with van der Waals surface area (Å²) in [7, 11) is 4.01. The highest BCUT2D eigenvalue weighted by Gasteiger charge is 2.20. The summed E-state index contributed by atoms with van der Waals surface area (Å²) in [6, 6.07) is 8.51. The second-order valence-corrected chi connectivity index (χ2v) is 5.64. The van der Waals surface area contributed by atoms with Crippen molar-refractivity contribution in [3.05, 3.63) is 29.3 Å². The van der Waals surface area contributed by atoms with Crippen LogP contribution >= 0.6 is 11.3 Å². The number of likely N-dealkylation sites (N-methyl/N-ethyl adjacent to an activating group) is 1. The van der Waals surface area contributed by atoms with Gasteiger partial charge in [0.2, 0.25) is 5.13 Å². The van der Waals surface area contributed by atoms with Gasteiger partial charge in [0.1, 0.15) is 5.01 Å². The first-order valence-electron chi connectivity index (χ1n) is 6.33. The molecule has 1 aromatic heterocycles. The third-order valence-corrected chi connectivity index (χ3v) is 4.27. The first-order chi connectivity index (χ1) is 9.28. The van der Waals surface area contributed by atoms with E-state index >= 15 is 0 Å². The molecule has 0 atom stereocenters. The predicted octanol–water partition coefficient (Wildman–Crippen LogP) is 2.04. The lowest BCUT2D eigenvalue weighted by molar-refractivity contribution is 0.727. The minimum atomic E-state index is 0.824. The van der Waals surface area contributed by atoms with Gasteiger partial charge in [0, 0.05) is 27.2 Å². The van der Waals surface area contributed by atoms with Crippen molar-refractivity contribution in [2.45, 2.75) is 6.54 Å². The quantitative estimate of drug-likeness (QED) is 0.928. The third kappa shape index (κ3) is 2.35. The van der Waals surface area contributed by atoms with Crippen LogP contribution in [0.1, 0.15) is 5.01 Å². The van der Waals surface area contributed by atoms with Gasteiger partial charge in [-0.1, -0.05) is 23.5 Å². The molecule has 0 fully saturated rings. The van der Waals surface area contributed by atoms with Crippen LogP contribution in [0.5, 0.6) is 0 Å². The van der Waals surface area contributed by atoms with Crippen LogP contribution in [0.3, 0.4) is 0 Å². The third-order valence-electron chi connectivity index (χ3n) is 3.35. The largest absolute Gasteiger partial charge is 0.371 e. The Bertz CT molecular complexity index is 568. The Labute approximate surface area is 116 Å². The molecule has 1 N–H and O–H groups in total. The monoisotopic (exact) mass is 275 g/mol. The molecule has 1 aliphatic heterocycles. The first-order valence-corrected chi connectivity index (χ1v) is 7.15. The Morgan fingerprint density at radius 3 is 2.74 bits per heavy atom. The fraction of sp³-hybridized carbons (Fsp3) is 0.385. The Morgan fingerprint density at radius 1 is 1.21 bits per heavy atom. The van der Waals surface area contributed by atoms with Gasteiger partial charge in [-0.05, 0) is 12.1 Å². The molecule has 19 heavy (non-hydrogen) atoms. The van der Waals surface area contributed by atoms with Crippen LogP contribution in [-0.2, 0) is 6.54 Å². The molecule has 1 aromatic carbocycles. The van der Waals surface area contributed by atoms with Crippen LogP contribution in [0, 0.1) is 0 Å². The molecule has 3 rings (SSSR count). The molecule has 100 valence electrons. The Hall–Kier alpha value is -1.82. The number of nitrogens with zero attached hydrogens (tertiary/aromatic N) is 4. The average molecular weight is 275 g/mol. The van der Waals surface area contributed by atoms with E-state index in [4.69, 9.17) is 0 Å². The van der Waals surface area contributed by atoms with Gasteiger partial charge in [-0.25, -0.2) is 0 Å². The maximum absolute atomic E-state index is 4.22. The van der Waals surface area contributed by atoms with Crippen molar-refractivity contribution < 1.29 is 0 Å². The number of benzene rings is 1. The molecule has 0 amide bonds. The SMILES string of the molecule is CNc1nnc(CN2CCN(C)c3ccccc32)s1. The standard InChI is InChI=1S/C13H17N5S/c1-14-13-16-15-12(19-13)9-18-8-7-17(2)10-5-3-4-6-11(10)18/h3-6H,7-9H2,1-2H3,(H,14,16). The van der Waals surface area contributed by atoms with Gasteiger partial charge in [0.25, 0.3) is 0 Å². The molecule has 0 spiro atoms. The summed E-state index contributed by atoms with van der Waals surface area (Å²) in [6.07, 6.45) is 0. The number of nitrogens with one attached hydrogen (secondary N) is 1. The van der Waals surface area contributed by atoms with E-state index in [1.54, 1.807) is 11.3 Å². The highest BCUT2D eigenvalue weighted by Crippen LogP contribution is 2.33. The molecule has 0 aliphatic carbocycles. The fourth-order valence-corrected chi connectivity index (χ4v) is 3.02. The maximum atomic E-state index is 4.22.